The Morgan fingerprint density at radius 3 is 2.89 bits per heavy atom. The first-order valence-corrected chi connectivity index (χ1v) is 6.27. The number of hydrogen-bond donors (Lipinski definition) is 1. The molecule has 1 N–H and O–H groups in total. The van der Waals surface area contributed by atoms with Crippen molar-refractivity contribution in [2.75, 3.05) is 12.0 Å². The Balaban J connectivity index is 1.71. The van der Waals surface area contributed by atoms with Gasteiger partial charge >= 0.3 is 0 Å². The van der Waals surface area contributed by atoms with E-state index in [4.69, 9.17) is 0 Å². The van der Waals surface area contributed by atoms with Crippen molar-refractivity contribution < 1.29 is 0 Å². The van der Waals surface area contributed by atoms with Crippen molar-refractivity contribution in [3.8, 4) is 0 Å². The molecule has 0 saturated heterocycles. The molecule has 3 heteroatoms. The van der Waals surface area contributed by atoms with Crippen LogP contribution in [0.15, 0.2) is 42.6 Å². The van der Waals surface area contributed by atoms with Crippen molar-refractivity contribution in [2.45, 2.75) is 20.0 Å². The summed E-state index contributed by atoms with van der Waals surface area (Å²) in [5.74, 6) is 1.03. The Morgan fingerprint density at radius 1 is 1.22 bits per heavy atom. The summed E-state index contributed by atoms with van der Waals surface area (Å²) in [6, 6.07) is 12.9. The quantitative estimate of drug-likeness (QED) is 0.873. The smallest absolute Gasteiger partial charge is 0.131 e. The molecule has 0 amide bonds. The van der Waals surface area contributed by atoms with Gasteiger partial charge in [0, 0.05) is 24.8 Å². The molecule has 0 spiro atoms. The van der Waals surface area contributed by atoms with E-state index in [2.05, 4.69) is 52.5 Å². The standard InChI is InChI=1S/C15H17N3/c1-12-4-6-13(7-5-12)9-18-10-14-3-2-8-16-15(14)17-11-18/h2-8H,9-11H2,1H3,(H,16,17). The van der Waals surface area contributed by atoms with Gasteiger partial charge in [0.25, 0.3) is 0 Å². The van der Waals surface area contributed by atoms with Gasteiger partial charge in [0.15, 0.2) is 0 Å². The minimum atomic E-state index is 0.859. The van der Waals surface area contributed by atoms with Crippen LogP contribution in [-0.4, -0.2) is 16.6 Å². The predicted octanol–water partition coefficient (Wildman–Crippen LogP) is 2.78. The topological polar surface area (TPSA) is 28.2 Å². The highest BCUT2D eigenvalue weighted by Crippen LogP contribution is 2.20. The van der Waals surface area contributed by atoms with Gasteiger partial charge in [0.05, 0.1) is 6.67 Å². The zero-order chi connectivity index (χ0) is 12.4. The van der Waals surface area contributed by atoms with Gasteiger partial charge in [-0.3, -0.25) is 4.90 Å². The first kappa shape index (κ1) is 11.2. The third-order valence-corrected chi connectivity index (χ3v) is 3.28. The maximum absolute atomic E-state index is 4.33. The second kappa shape index (κ2) is 4.78. The normalized spacial score (nSPS) is 14.9. The fraction of sp³-hybridized carbons (Fsp3) is 0.267. The molecule has 0 saturated carbocycles. The Kier molecular flexibility index (Phi) is 2.99. The van der Waals surface area contributed by atoms with E-state index < -0.39 is 0 Å². The van der Waals surface area contributed by atoms with Crippen LogP contribution < -0.4 is 5.32 Å². The number of nitrogens with one attached hydrogen (secondary N) is 1. The van der Waals surface area contributed by atoms with Crippen molar-refractivity contribution in [2.24, 2.45) is 0 Å². The van der Waals surface area contributed by atoms with Crippen LogP contribution in [0.5, 0.6) is 0 Å². The van der Waals surface area contributed by atoms with Crippen LogP contribution in [0.4, 0.5) is 5.82 Å². The molecule has 0 aliphatic carbocycles. The molecule has 3 rings (SSSR count). The molecule has 0 fully saturated rings. The van der Waals surface area contributed by atoms with Crippen molar-refractivity contribution >= 4 is 5.82 Å². The molecule has 2 aromatic rings. The van der Waals surface area contributed by atoms with Gasteiger partial charge < -0.3 is 5.32 Å². The molecule has 0 radical (unpaired) electrons. The van der Waals surface area contributed by atoms with Gasteiger partial charge in [-0.1, -0.05) is 35.9 Å². The summed E-state index contributed by atoms with van der Waals surface area (Å²) in [7, 11) is 0. The minimum absolute atomic E-state index is 0.859. The van der Waals surface area contributed by atoms with Gasteiger partial charge in [-0.2, -0.15) is 0 Å². The molecule has 2 heterocycles. The van der Waals surface area contributed by atoms with Gasteiger partial charge in [-0.05, 0) is 18.6 Å². The lowest BCUT2D eigenvalue weighted by molar-refractivity contribution is 0.266. The van der Waals surface area contributed by atoms with Gasteiger partial charge in [-0.15, -0.1) is 0 Å². The summed E-state index contributed by atoms with van der Waals surface area (Å²) in [5, 5.41) is 3.36. The maximum Gasteiger partial charge on any atom is 0.131 e. The fourth-order valence-electron chi connectivity index (χ4n) is 2.27. The molecule has 1 aliphatic rings. The highest BCUT2D eigenvalue weighted by molar-refractivity contribution is 5.45. The van der Waals surface area contributed by atoms with E-state index in [1.807, 2.05) is 12.3 Å². The maximum atomic E-state index is 4.33. The molecule has 1 aromatic carbocycles. The van der Waals surface area contributed by atoms with Crippen LogP contribution in [0.1, 0.15) is 16.7 Å². The van der Waals surface area contributed by atoms with E-state index in [1.54, 1.807) is 0 Å². The third kappa shape index (κ3) is 2.36. The van der Waals surface area contributed by atoms with E-state index in [0.717, 1.165) is 25.6 Å². The number of benzene rings is 1. The molecular weight excluding hydrogens is 222 g/mol. The average Bonchev–Trinajstić information content (AvgIpc) is 2.41. The lowest BCUT2D eigenvalue weighted by atomic mass is 10.1. The summed E-state index contributed by atoms with van der Waals surface area (Å²) in [4.78, 5) is 6.72. The molecule has 18 heavy (non-hydrogen) atoms. The molecule has 0 unspecified atom stereocenters. The molecule has 92 valence electrons. The number of aromatic nitrogens is 1. The Labute approximate surface area is 107 Å². The highest BCUT2D eigenvalue weighted by Gasteiger charge is 2.15. The minimum Gasteiger partial charge on any atom is -0.357 e. The predicted molar refractivity (Wildman–Crippen MR) is 73.2 cm³/mol. The summed E-state index contributed by atoms with van der Waals surface area (Å²) >= 11 is 0. The van der Waals surface area contributed by atoms with E-state index >= 15 is 0 Å². The Bertz CT molecular complexity index is 534. The molecule has 3 nitrogen and oxygen atoms in total. The monoisotopic (exact) mass is 239 g/mol. The fourth-order valence-corrected chi connectivity index (χ4v) is 2.27. The van der Waals surface area contributed by atoms with Crippen molar-refractivity contribution in [3.63, 3.8) is 0 Å². The summed E-state index contributed by atoms with van der Waals surface area (Å²) in [6.45, 7) is 4.91. The summed E-state index contributed by atoms with van der Waals surface area (Å²) in [6.07, 6.45) is 1.83. The van der Waals surface area contributed by atoms with Crippen LogP contribution in [0.2, 0.25) is 0 Å². The number of pyridine rings is 1. The number of rotatable bonds is 2. The highest BCUT2D eigenvalue weighted by atomic mass is 15.3. The first-order chi connectivity index (χ1) is 8.81. The van der Waals surface area contributed by atoms with Crippen molar-refractivity contribution in [3.05, 3.63) is 59.3 Å². The van der Waals surface area contributed by atoms with Crippen molar-refractivity contribution in [1.29, 1.82) is 0 Å². The number of fused-ring (bicyclic) bond motifs is 1. The summed E-state index contributed by atoms with van der Waals surface area (Å²) in [5.41, 5.74) is 3.94. The molecule has 0 atom stereocenters. The lowest BCUT2D eigenvalue weighted by Gasteiger charge is -2.29. The largest absolute Gasteiger partial charge is 0.357 e. The van der Waals surface area contributed by atoms with Crippen LogP contribution in [0.25, 0.3) is 0 Å². The average molecular weight is 239 g/mol. The van der Waals surface area contributed by atoms with E-state index in [1.165, 1.54) is 16.7 Å². The van der Waals surface area contributed by atoms with Crippen LogP contribution >= 0.6 is 0 Å². The number of anilines is 1. The molecular formula is C15H17N3. The second-order valence-electron chi connectivity index (χ2n) is 4.82. The van der Waals surface area contributed by atoms with E-state index in [9.17, 15) is 0 Å². The van der Waals surface area contributed by atoms with Crippen molar-refractivity contribution in [1.82, 2.24) is 9.88 Å². The number of hydrogen-bond acceptors (Lipinski definition) is 3. The van der Waals surface area contributed by atoms with E-state index in [-0.39, 0.29) is 0 Å². The van der Waals surface area contributed by atoms with E-state index in [0.29, 0.717) is 0 Å². The number of aryl methyl sites for hydroxylation is 1. The Hall–Kier alpha value is -1.87. The number of nitrogens with zero attached hydrogens (tertiary/aromatic N) is 2. The van der Waals surface area contributed by atoms with Crippen LogP contribution in [-0.2, 0) is 13.1 Å². The summed E-state index contributed by atoms with van der Waals surface area (Å²) < 4.78 is 0. The zero-order valence-electron chi connectivity index (χ0n) is 10.6. The second-order valence-corrected chi connectivity index (χ2v) is 4.82. The zero-order valence-corrected chi connectivity index (χ0v) is 10.6. The molecule has 0 bridgehead atoms. The molecule has 1 aromatic heterocycles. The Morgan fingerprint density at radius 2 is 2.06 bits per heavy atom. The third-order valence-electron chi connectivity index (χ3n) is 3.28. The lowest BCUT2D eigenvalue weighted by Crippen LogP contribution is -2.33. The first-order valence-electron chi connectivity index (χ1n) is 6.27. The van der Waals surface area contributed by atoms with Gasteiger partial charge in [0.1, 0.15) is 5.82 Å². The van der Waals surface area contributed by atoms with Gasteiger partial charge in [0.2, 0.25) is 0 Å². The van der Waals surface area contributed by atoms with Crippen LogP contribution in [0.3, 0.4) is 0 Å². The van der Waals surface area contributed by atoms with Gasteiger partial charge in [-0.25, -0.2) is 4.98 Å². The molecule has 1 aliphatic heterocycles. The SMILES string of the molecule is Cc1ccc(CN2CNc3ncccc3C2)cc1. The van der Waals surface area contributed by atoms with Crippen LogP contribution in [0, 0.1) is 6.92 Å².